The minimum absolute atomic E-state index is 0.0283. The van der Waals surface area contributed by atoms with Gasteiger partial charge in [-0.1, -0.05) is 18.2 Å². The van der Waals surface area contributed by atoms with Crippen molar-refractivity contribution >= 4 is 11.9 Å². The summed E-state index contributed by atoms with van der Waals surface area (Å²) in [5, 5.41) is 14.4. The molecule has 2 aromatic rings. The second-order valence-electron chi connectivity index (χ2n) is 11.4. The molecule has 3 saturated heterocycles. The summed E-state index contributed by atoms with van der Waals surface area (Å²) >= 11 is 0. The van der Waals surface area contributed by atoms with E-state index in [2.05, 4.69) is 5.10 Å². The third kappa shape index (κ3) is 5.13. The first-order valence-corrected chi connectivity index (χ1v) is 14.0. The van der Waals surface area contributed by atoms with Crippen molar-refractivity contribution in [3.63, 3.8) is 0 Å². The van der Waals surface area contributed by atoms with Gasteiger partial charge in [0.15, 0.2) is 0 Å². The normalized spacial score (nSPS) is 24.6. The Labute approximate surface area is 225 Å². The number of benzene rings is 1. The highest BCUT2D eigenvalue weighted by molar-refractivity contribution is 5.95. The number of aromatic nitrogens is 2. The Hall–Kier alpha value is -3.08. The quantitative estimate of drug-likeness (QED) is 0.624. The lowest BCUT2D eigenvalue weighted by Crippen LogP contribution is -2.46. The second kappa shape index (κ2) is 10.1. The fraction of sp³-hybridized carbons (Fsp3) is 0.607. The predicted octanol–water partition coefficient (Wildman–Crippen LogP) is 4.23. The minimum atomic E-state index is -4.43. The average Bonchev–Trinajstić information content (AvgIpc) is 3.30. The summed E-state index contributed by atoms with van der Waals surface area (Å²) in [5.74, 6) is -0.248. The van der Waals surface area contributed by atoms with Crippen LogP contribution in [0.1, 0.15) is 83.6 Å². The maximum absolute atomic E-state index is 13.6. The molecule has 2 atom stereocenters. The van der Waals surface area contributed by atoms with Crippen molar-refractivity contribution in [2.24, 2.45) is 0 Å². The molecule has 11 heteroatoms. The molecule has 4 heterocycles. The molecule has 210 valence electrons. The number of rotatable bonds is 4. The molecule has 1 aromatic heterocycles. The lowest BCUT2D eigenvalue weighted by Gasteiger charge is -2.35. The molecule has 1 unspecified atom stereocenters. The molecular formula is C28H34F3N5O3. The van der Waals surface area contributed by atoms with Crippen LogP contribution in [-0.2, 0) is 6.18 Å². The summed E-state index contributed by atoms with van der Waals surface area (Å²) in [4.78, 5) is 31.7. The Balaban J connectivity index is 1.14. The predicted molar refractivity (Wildman–Crippen MR) is 136 cm³/mol. The van der Waals surface area contributed by atoms with Gasteiger partial charge < -0.3 is 19.8 Å². The van der Waals surface area contributed by atoms with Crippen LogP contribution in [0.2, 0.25) is 0 Å². The minimum Gasteiger partial charge on any atom is -0.391 e. The molecule has 1 N–H and O–H groups in total. The number of hydrogen-bond acceptors (Lipinski definition) is 4. The van der Waals surface area contributed by atoms with E-state index in [0.717, 1.165) is 37.4 Å². The smallest absolute Gasteiger partial charge is 0.391 e. The van der Waals surface area contributed by atoms with Crippen molar-refractivity contribution in [1.82, 2.24) is 24.5 Å². The van der Waals surface area contributed by atoms with E-state index in [9.17, 15) is 27.9 Å². The van der Waals surface area contributed by atoms with Gasteiger partial charge in [-0.2, -0.15) is 18.3 Å². The van der Waals surface area contributed by atoms with E-state index in [4.69, 9.17) is 0 Å². The Morgan fingerprint density at radius 2 is 1.54 bits per heavy atom. The average molecular weight is 546 g/mol. The Morgan fingerprint density at radius 3 is 2.21 bits per heavy atom. The van der Waals surface area contributed by atoms with E-state index in [0.29, 0.717) is 51.1 Å². The van der Waals surface area contributed by atoms with Crippen LogP contribution in [-0.4, -0.2) is 86.9 Å². The van der Waals surface area contributed by atoms with Gasteiger partial charge in [0.2, 0.25) is 0 Å². The van der Waals surface area contributed by atoms with Gasteiger partial charge in [-0.25, -0.2) is 4.79 Å². The summed E-state index contributed by atoms with van der Waals surface area (Å²) in [5.41, 5.74) is 1.13. The molecule has 4 aliphatic rings. The van der Waals surface area contributed by atoms with Crippen LogP contribution in [0.15, 0.2) is 30.5 Å². The molecule has 6 rings (SSSR count). The van der Waals surface area contributed by atoms with Crippen molar-refractivity contribution in [1.29, 1.82) is 0 Å². The SMILES string of the molecule is O=C(c1cnn(C2CCN(C(=O)N3CCC(O)C3)CC2)c1C1CC1)N1CC[C@@H](c2ccccc2C(F)(F)F)C1. The number of carbonyl (C=O) groups excluding carboxylic acids is 2. The van der Waals surface area contributed by atoms with Gasteiger partial charge in [-0.3, -0.25) is 9.48 Å². The maximum Gasteiger partial charge on any atom is 0.416 e. The van der Waals surface area contributed by atoms with Gasteiger partial charge in [-0.15, -0.1) is 0 Å². The molecule has 39 heavy (non-hydrogen) atoms. The maximum atomic E-state index is 13.6. The first-order chi connectivity index (χ1) is 18.7. The van der Waals surface area contributed by atoms with Crippen LogP contribution in [0.5, 0.6) is 0 Å². The number of halogens is 3. The molecule has 0 spiro atoms. The number of β-amino-alcohol motifs (C(OH)–C–C–N with tert-alkyl or cyclic N) is 1. The zero-order valence-corrected chi connectivity index (χ0v) is 21.8. The van der Waals surface area contributed by atoms with Gasteiger partial charge >= 0.3 is 12.2 Å². The fourth-order valence-electron chi connectivity index (χ4n) is 6.49. The second-order valence-corrected chi connectivity index (χ2v) is 11.4. The van der Waals surface area contributed by atoms with E-state index < -0.39 is 17.8 Å². The first-order valence-electron chi connectivity index (χ1n) is 14.0. The number of aliphatic hydroxyl groups excluding tert-OH is 1. The van der Waals surface area contributed by atoms with Gasteiger partial charge in [-0.05, 0) is 50.2 Å². The largest absolute Gasteiger partial charge is 0.416 e. The molecule has 0 bridgehead atoms. The Bertz CT molecular complexity index is 1240. The summed E-state index contributed by atoms with van der Waals surface area (Å²) < 4.78 is 42.7. The standard InChI is InChI=1S/C28H34F3N5O3/c29-28(30,31)24-4-2-1-3-22(24)19-7-11-34(16-19)26(38)23-15-32-36(25(23)18-5-6-18)20-8-12-33(13-9-20)27(39)35-14-10-21(37)17-35/h1-4,15,18-21,37H,5-14,16-17H2/t19-,21?/m1/s1. The topological polar surface area (TPSA) is 81.9 Å². The highest BCUT2D eigenvalue weighted by atomic mass is 19.4. The summed E-state index contributed by atoms with van der Waals surface area (Å²) in [7, 11) is 0. The number of likely N-dealkylation sites (tertiary alicyclic amines) is 3. The Kier molecular flexibility index (Phi) is 6.81. The molecule has 8 nitrogen and oxygen atoms in total. The van der Waals surface area contributed by atoms with E-state index >= 15 is 0 Å². The summed E-state index contributed by atoms with van der Waals surface area (Å²) in [6.45, 7) is 2.82. The number of amides is 3. The van der Waals surface area contributed by atoms with Crippen LogP contribution >= 0.6 is 0 Å². The summed E-state index contributed by atoms with van der Waals surface area (Å²) in [6.07, 6.45) is 1.31. The van der Waals surface area contributed by atoms with Crippen molar-refractivity contribution in [3.05, 3.63) is 52.8 Å². The number of alkyl halides is 3. The van der Waals surface area contributed by atoms with E-state index in [-0.39, 0.29) is 41.9 Å². The Morgan fingerprint density at radius 1 is 0.846 bits per heavy atom. The monoisotopic (exact) mass is 545 g/mol. The number of carbonyl (C=O) groups is 2. The number of aliphatic hydroxyl groups is 1. The van der Waals surface area contributed by atoms with Crippen LogP contribution in [0.3, 0.4) is 0 Å². The molecule has 1 aromatic carbocycles. The molecule has 3 aliphatic heterocycles. The number of urea groups is 1. The van der Waals surface area contributed by atoms with Crippen LogP contribution in [0.4, 0.5) is 18.0 Å². The number of piperidine rings is 1. The lowest BCUT2D eigenvalue weighted by molar-refractivity contribution is -0.138. The van der Waals surface area contributed by atoms with Crippen LogP contribution in [0, 0.1) is 0 Å². The lowest BCUT2D eigenvalue weighted by atomic mass is 9.93. The van der Waals surface area contributed by atoms with Crippen molar-refractivity contribution in [3.8, 4) is 0 Å². The van der Waals surface area contributed by atoms with Gasteiger partial charge in [0.05, 0.1) is 35.2 Å². The molecule has 4 fully saturated rings. The van der Waals surface area contributed by atoms with Crippen LogP contribution in [0.25, 0.3) is 0 Å². The van der Waals surface area contributed by atoms with Gasteiger partial charge in [0, 0.05) is 51.1 Å². The van der Waals surface area contributed by atoms with Crippen molar-refractivity contribution in [2.45, 2.75) is 68.7 Å². The van der Waals surface area contributed by atoms with Crippen LogP contribution < -0.4 is 0 Å². The third-order valence-electron chi connectivity index (χ3n) is 8.72. The van der Waals surface area contributed by atoms with Gasteiger partial charge in [0.25, 0.3) is 5.91 Å². The fourth-order valence-corrected chi connectivity index (χ4v) is 6.49. The number of nitrogens with zero attached hydrogens (tertiary/aromatic N) is 5. The highest BCUT2D eigenvalue weighted by Crippen LogP contribution is 2.44. The first kappa shape index (κ1) is 26.2. The molecule has 3 amide bonds. The molecule has 1 aliphatic carbocycles. The summed E-state index contributed by atoms with van der Waals surface area (Å²) in [6, 6.07) is 5.72. The van der Waals surface area contributed by atoms with E-state index in [1.165, 1.54) is 12.1 Å². The number of hydrogen-bond donors (Lipinski definition) is 1. The zero-order valence-electron chi connectivity index (χ0n) is 21.8. The van der Waals surface area contributed by atoms with E-state index in [1.54, 1.807) is 22.1 Å². The van der Waals surface area contributed by atoms with Crippen molar-refractivity contribution in [2.75, 3.05) is 39.3 Å². The highest BCUT2D eigenvalue weighted by Gasteiger charge is 2.40. The third-order valence-corrected chi connectivity index (χ3v) is 8.72. The van der Waals surface area contributed by atoms with Crippen molar-refractivity contribution < 1.29 is 27.9 Å². The molecule has 1 saturated carbocycles. The van der Waals surface area contributed by atoms with Gasteiger partial charge in [0.1, 0.15) is 0 Å². The molecule has 0 radical (unpaired) electrons. The zero-order chi connectivity index (χ0) is 27.3. The molecular weight excluding hydrogens is 511 g/mol. The van der Waals surface area contributed by atoms with E-state index in [1.807, 2.05) is 9.58 Å².